The second-order valence-electron chi connectivity index (χ2n) is 4.70. The SMILES string of the molecule is CCC(=O)NCCCn1cnc(CNC(C)C)c1. The molecule has 2 N–H and O–H groups in total. The molecule has 0 aliphatic rings. The molecule has 0 aliphatic heterocycles. The molecule has 0 radical (unpaired) electrons. The number of imidazole rings is 1. The van der Waals surface area contributed by atoms with Crippen LogP contribution in [0.25, 0.3) is 0 Å². The maximum Gasteiger partial charge on any atom is 0.219 e. The van der Waals surface area contributed by atoms with Gasteiger partial charge in [-0.1, -0.05) is 20.8 Å². The van der Waals surface area contributed by atoms with E-state index in [0.717, 1.165) is 31.7 Å². The van der Waals surface area contributed by atoms with Crippen molar-refractivity contribution < 1.29 is 4.79 Å². The second-order valence-corrected chi connectivity index (χ2v) is 4.70. The average molecular weight is 252 g/mol. The number of amides is 1. The van der Waals surface area contributed by atoms with E-state index in [9.17, 15) is 4.79 Å². The minimum Gasteiger partial charge on any atom is -0.356 e. The molecule has 0 fully saturated rings. The predicted molar refractivity (Wildman–Crippen MR) is 72.1 cm³/mol. The monoisotopic (exact) mass is 252 g/mol. The van der Waals surface area contributed by atoms with E-state index in [1.165, 1.54) is 0 Å². The molecule has 0 aliphatic carbocycles. The van der Waals surface area contributed by atoms with Gasteiger partial charge in [-0.2, -0.15) is 0 Å². The lowest BCUT2D eigenvalue weighted by Gasteiger charge is -2.05. The molecule has 5 nitrogen and oxygen atoms in total. The number of nitrogens with one attached hydrogen (secondary N) is 2. The molecular formula is C13H24N4O. The predicted octanol–water partition coefficient (Wildman–Crippen LogP) is 1.30. The highest BCUT2D eigenvalue weighted by Gasteiger charge is 2.00. The third-order valence-electron chi connectivity index (χ3n) is 2.61. The highest BCUT2D eigenvalue weighted by molar-refractivity contribution is 5.75. The van der Waals surface area contributed by atoms with Crippen molar-refractivity contribution in [2.75, 3.05) is 6.54 Å². The fraction of sp³-hybridized carbons (Fsp3) is 0.692. The van der Waals surface area contributed by atoms with Crippen molar-refractivity contribution in [3.8, 4) is 0 Å². The number of aromatic nitrogens is 2. The smallest absolute Gasteiger partial charge is 0.219 e. The van der Waals surface area contributed by atoms with Crippen molar-refractivity contribution in [2.24, 2.45) is 0 Å². The Balaban J connectivity index is 2.20. The highest BCUT2D eigenvalue weighted by Crippen LogP contribution is 1.98. The van der Waals surface area contributed by atoms with E-state index in [0.29, 0.717) is 12.5 Å². The van der Waals surface area contributed by atoms with Crippen molar-refractivity contribution in [2.45, 2.75) is 52.7 Å². The highest BCUT2D eigenvalue weighted by atomic mass is 16.1. The Morgan fingerprint density at radius 3 is 2.94 bits per heavy atom. The summed E-state index contributed by atoms with van der Waals surface area (Å²) < 4.78 is 2.06. The summed E-state index contributed by atoms with van der Waals surface area (Å²) in [6, 6.07) is 0.472. The van der Waals surface area contributed by atoms with Crippen molar-refractivity contribution in [3.05, 3.63) is 18.2 Å². The molecule has 0 bridgehead atoms. The van der Waals surface area contributed by atoms with E-state index in [4.69, 9.17) is 0 Å². The zero-order valence-electron chi connectivity index (χ0n) is 11.6. The van der Waals surface area contributed by atoms with Gasteiger partial charge >= 0.3 is 0 Å². The van der Waals surface area contributed by atoms with Crippen LogP contribution in [0.2, 0.25) is 0 Å². The lowest BCUT2D eigenvalue weighted by Crippen LogP contribution is -2.24. The second kappa shape index (κ2) is 7.87. The van der Waals surface area contributed by atoms with Gasteiger partial charge in [-0.3, -0.25) is 4.79 Å². The zero-order chi connectivity index (χ0) is 13.4. The van der Waals surface area contributed by atoms with Gasteiger partial charge in [-0.05, 0) is 6.42 Å². The molecule has 0 unspecified atom stereocenters. The van der Waals surface area contributed by atoms with Crippen LogP contribution < -0.4 is 10.6 Å². The molecule has 1 amide bonds. The topological polar surface area (TPSA) is 59.0 Å². The minimum absolute atomic E-state index is 0.113. The Morgan fingerprint density at radius 1 is 1.50 bits per heavy atom. The molecule has 1 aromatic rings. The van der Waals surface area contributed by atoms with Crippen LogP contribution in [0.3, 0.4) is 0 Å². The van der Waals surface area contributed by atoms with Gasteiger partial charge in [0.1, 0.15) is 0 Å². The molecule has 102 valence electrons. The zero-order valence-corrected chi connectivity index (χ0v) is 11.6. The first kappa shape index (κ1) is 14.7. The van der Waals surface area contributed by atoms with Gasteiger partial charge in [-0.15, -0.1) is 0 Å². The number of hydrogen-bond acceptors (Lipinski definition) is 3. The quantitative estimate of drug-likeness (QED) is 0.686. The van der Waals surface area contributed by atoms with E-state index in [1.54, 1.807) is 0 Å². The maximum atomic E-state index is 11.0. The van der Waals surface area contributed by atoms with Crippen molar-refractivity contribution >= 4 is 5.91 Å². The number of carbonyl (C=O) groups is 1. The summed E-state index contributed by atoms with van der Waals surface area (Å²) in [5.74, 6) is 0.113. The molecule has 1 aromatic heterocycles. The third kappa shape index (κ3) is 5.82. The summed E-state index contributed by atoms with van der Waals surface area (Å²) in [5, 5.41) is 6.20. The standard InChI is InChI=1S/C13H24N4O/c1-4-13(18)14-6-5-7-17-9-12(16-10-17)8-15-11(2)3/h9-11,15H,4-8H2,1-3H3,(H,14,18). The molecule has 0 saturated heterocycles. The van der Waals surface area contributed by atoms with Crippen molar-refractivity contribution in [1.29, 1.82) is 0 Å². The first-order chi connectivity index (χ1) is 8.61. The Morgan fingerprint density at radius 2 is 2.28 bits per heavy atom. The van der Waals surface area contributed by atoms with Gasteiger partial charge in [0.05, 0.1) is 12.0 Å². The van der Waals surface area contributed by atoms with E-state index < -0.39 is 0 Å². The van der Waals surface area contributed by atoms with Crippen LogP contribution >= 0.6 is 0 Å². The van der Waals surface area contributed by atoms with E-state index in [2.05, 4.69) is 40.2 Å². The number of rotatable bonds is 8. The van der Waals surface area contributed by atoms with E-state index in [-0.39, 0.29) is 5.91 Å². The van der Waals surface area contributed by atoms with E-state index >= 15 is 0 Å². The van der Waals surface area contributed by atoms with Crippen LogP contribution in [0.1, 0.15) is 39.3 Å². The summed E-state index contributed by atoms with van der Waals surface area (Å²) in [6.45, 7) is 8.51. The molecule has 18 heavy (non-hydrogen) atoms. The molecule has 0 spiro atoms. The fourth-order valence-electron chi connectivity index (χ4n) is 1.54. The average Bonchev–Trinajstić information content (AvgIpc) is 2.79. The summed E-state index contributed by atoms with van der Waals surface area (Å²) in [5.41, 5.74) is 1.06. The summed E-state index contributed by atoms with van der Waals surface area (Å²) in [6.07, 6.45) is 5.38. The normalized spacial score (nSPS) is 10.9. The number of carbonyl (C=O) groups excluding carboxylic acids is 1. The van der Waals surface area contributed by atoms with E-state index in [1.807, 2.05) is 13.3 Å². The Labute approximate surface area is 109 Å². The number of hydrogen-bond donors (Lipinski definition) is 2. The fourth-order valence-corrected chi connectivity index (χ4v) is 1.54. The molecule has 0 aromatic carbocycles. The van der Waals surface area contributed by atoms with Gasteiger partial charge < -0.3 is 15.2 Å². The van der Waals surface area contributed by atoms with Crippen LogP contribution in [-0.4, -0.2) is 28.0 Å². The van der Waals surface area contributed by atoms with Gasteiger partial charge in [0, 0.05) is 38.3 Å². The molecule has 1 rings (SSSR count). The van der Waals surface area contributed by atoms with Crippen LogP contribution in [0, 0.1) is 0 Å². The van der Waals surface area contributed by atoms with Crippen LogP contribution in [0.5, 0.6) is 0 Å². The Hall–Kier alpha value is -1.36. The Bertz CT molecular complexity index is 360. The van der Waals surface area contributed by atoms with Gasteiger partial charge in [-0.25, -0.2) is 4.98 Å². The van der Waals surface area contributed by atoms with Crippen LogP contribution in [0.4, 0.5) is 0 Å². The molecule has 0 saturated carbocycles. The third-order valence-corrected chi connectivity index (χ3v) is 2.61. The lowest BCUT2D eigenvalue weighted by molar-refractivity contribution is -0.120. The summed E-state index contributed by atoms with van der Waals surface area (Å²) in [7, 11) is 0. The Kier molecular flexibility index (Phi) is 6.43. The van der Waals surface area contributed by atoms with Crippen LogP contribution in [-0.2, 0) is 17.9 Å². The van der Waals surface area contributed by atoms with Gasteiger partial charge in [0.2, 0.25) is 5.91 Å². The molecule has 5 heteroatoms. The van der Waals surface area contributed by atoms with Crippen molar-refractivity contribution in [1.82, 2.24) is 20.2 Å². The molecule has 1 heterocycles. The summed E-state index contributed by atoms with van der Waals surface area (Å²) >= 11 is 0. The summed E-state index contributed by atoms with van der Waals surface area (Å²) in [4.78, 5) is 15.4. The maximum absolute atomic E-state index is 11.0. The molecular weight excluding hydrogens is 228 g/mol. The van der Waals surface area contributed by atoms with Crippen molar-refractivity contribution in [3.63, 3.8) is 0 Å². The minimum atomic E-state index is 0.113. The van der Waals surface area contributed by atoms with Gasteiger partial charge in [0.15, 0.2) is 0 Å². The first-order valence-corrected chi connectivity index (χ1v) is 6.62. The molecule has 0 atom stereocenters. The largest absolute Gasteiger partial charge is 0.356 e. The van der Waals surface area contributed by atoms with Crippen LogP contribution in [0.15, 0.2) is 12.5 Å². The first-order valence-electron chi connectivity index (χ1n) is 6.62. The number of nitrogens with zero attached hydrogens (tertiary/aromatic N) is 2. The lowest BCUT2D eigenvalue weighted by atomic mass is 10.3. The van der Waals surface area contributed by atoms with Gasteiger partial charge in [0.25, 0.3) is 0 Å². The number of aryl methyl sites for hydroxylation is 1.